The first kappa shape index (κ1) is 18.0. The Morgan fingerprint density at radius 3 is 2.68 bits per heavy atom. The summed E-state index contributed by atoms with van der Waals surface area (Å²) in [6.45, 7) is 1.60. The molecular weight excluding hydrogens is 330 g/mol. The molecule has 0 saturated heterocycles. The van der Waals surface area contributed by atoms with Gasteiger partial charge in [0.25, 0.3) is 0 Å². The lowest BCUT2D eigenvalue weighted by molar-refractivity contribution is -0.394. The lowest BCUT2D eigenvalue weighted by Crippen LogP contribution is -2.38. The molecule has 2 rings (SSSR count). The van der Waals surface area contributed by atoms with E-state index in [2.05, 4.69) is 14.8 Å². The van der Waals surface area contributed by atoms with Crippen LogP contribution in [0.4, 0.5) is 5.95 Å². The van der Waals surface area contributed by atoms with E-state index in [0.29, 0.717) is 0 Å². The number of carbonyl (C=O) groups excluding carboxylic acids is 2. The van der Waals surface area contributed by atoms with E-state index in [1.807, 2.05) is 31.2 Å². The summed E-state index contributed by atoms with van der Waals surface area (Å²) in [6.07, 6.45) is 1.10. The van der Waals surface area contributed by atoms with Gasteiger partial charge in [-0.05, 0) is 23.0 Å². The SMILES string of the molecule is COC(=O)CN(Cc1ccccc1C)C(=O)Cn1cnc([N+](=O)[O-])n1. The molecule has 2 aromatic rings. The van der Waals surface area contributed by atoms with Crippen molar-refractivity contribution in [3.05, 3.63) is 51.8 Å². The number of carbonyl (C=O) groups is 2. The maximum absolute atomic E-state index is 12.5. The summed E-state index contributed by atoms with van der Waals surface area (Å²) in [4.78, 5) is 38.8. The maximum Gasteiger partial charge on any atom is 0.490 e. The molecule has 0 aliphatic carbocycles. The topological polar surface area (TPSA) is 120 Å². The molecule has 0 atom stereocenters. The predicted molar refractivity (Wildman–Crippen MR) is 85.3 cm³/mol. The van der Waals surface area contributed by atoms with Crippen LogP contribution in [0.1, 0.15) is 11.1 Å². The van der Waals surface area contributed by atoms with Gasteiger partial charge in [0.15, 0.2) is 0 Å². The van der Waals surface area contributed by atoms with Gasteiger partial charge in [-0.1, -0.05) is 29.2 Å². The van der Waals surface area contributed by atoms with Gasteiger partial charge >= 0.3 is 11.9 Å². The summed E-state index contributed by atoms with van der Waals surface area (Å²) in [5.74, 6) is -1.59. The third-order valence-electron chi connectivity index (χ3n) is 3.51. The maximum atomic E-state index is 12.5. The highest BCUT2D eigenvalue weighted by Gasteiger charge is 2.22. The van der Waals surface area contributed by atoms with Gasteiger partial charge in [-0.2, -0.15) is 4.68 Å². The summed E-state index contributed by atoms with van der Waals surface area (Å²) >= 11 is 0. The van der Waals surface area contributed by atoms with Gasteiger partial charge in [0.1, 0.15) is 13.1 Å². The van der Waals surface area contributed by atoms with Crippen LogP contribution in [0, 0.1) is 17.0 Å². The molecule has 0 bridgehead atoms. The Bertz CT molecular complexity index is 788. The van der Waals surface area contributed by atoms with Crippen molar-refractivity contribution in [3.63, 3.8) is 0 Å². The Kier molecular flexibility index (Phi) is 5.77. The van der Waals surface area contributed by atoms with Gasteiger partial charge in [0, 0.05) is 11.6 Å². The zero-order valence-electron chi connectivity index (χ0n) is 13.8. The second-order valence-electron chi connectivity index (χ2n) is 5.25. The highest BCUT2D eigenvalue weighted by atomic mass is 16.6. The quantitative estimate of drug-likeness (QED) is 0.410. The van der Waals surface area contributed by atoms with Crippen LogP contribution in [0.15, 0.2) is 30.6 Å². The molecule has 1 amide bonds. The fourth-order valence-electron chi connectivity index (χ4n) is 2.13. The Hall–Kier alpha value is -3.30. The Balaban J connectivity index is 2.15. The van der Waals surface area contributed by atoms with Gasteiger partial charge in [0.2, 0.25) is 12.2 Å². The van der Waals surface area contributed by atoms with E-state index in [9.17, 15) is 19.7 Å². The minimum atomic E-state index is -0.749. The number of nitrogens with zero attached hydrogens (tertiary/aromatic N) is 5. The molecule has 1 aromatic heterocycles. The number of aryl methyl sites for hydroxylation is 1. The smallest absolute Gasteiger partial charge is 0.468 e. The van der Waals surface area contributed by atoms with Crippen molar-refractivity contribution in [1.82, 2.24) is 19.7 Å². The van der Waals surface area contributed by atoms with Crippen molar-refractivity contribution in [2.45, 2.75) is 20.0 Å². The molecule has 25 heavy (non-hydrogen) atoms. The van der Waals surface area contributed by atoms with E-state index in [1.165, 1.54) is 12.0 Å². The number of benzene rings is 1. The molecule has 0 aliphatic heterocycles. The summed E-state index contributed by atoms with van der Waals surface area (Å²) in [5.41, 5.74) is 1.85. The minimum absolute atomic E-state index is 0.206. The normalized spacial score (nSPS) is 10.3. The zero-order valence-corrected chi connectivity index (χ0v) is 13.8. The van der Waals surface area contributed by atoms with Crippen LogP contribution in [0.3, 0.4) is 0 Å². The monoisotopic (exact) mass is 347 g/mol. The molecule has 10 heteroatoms. The van der Waals surface area contributed by atoms with Gasteiger partial charge in [-0.25, -0.2) is 0 Å². The van der Waals surface area contributed by atoms with Crippen molar-refractivity contribution < 1.29 is 19.2 Å². The highest BCUT2D eigenvalue weighted by molar-refractivity contribution is 5.81. The molecule has 0 spiro atoms. The molecule has 0 saturated carbocycles. The predicted octanol–water partition coefficient (Wildman–Crippen LogP) is 0.697. The van der Waals surface area contributed by atoms with Crippen LogP contribution >= 0.6 is 0 Å². The van der Waals surface area contributed by atoms with E-state index < -0.39 is 22.7 Å². The van der Waals surface area contributed by atoms with E-state index in [-0.39, 0.29) is 19.6 Å². The van der Waals surface area contributed by atoms with Crippen molar-refractivity contribution >= 4 is 17.8 Å². The van der Waals surface area contributed by atoms with Gasteiger partial charge in [-0.15, -0.1) is 0 Å². The van der Waals surface area contributed by atoms with Gasteiger partial charge in [0.05, 0.1) is 7.11 Å². The van der Waals surface area contributed by atoms with E-state index in [1.54, 1.807) is 0 Å². The molecule has 132 valence electrons. The van der Waals surface area contributed by atoms with Crippen LogP contribution in [-0.2, 0) is 27.4 Å². The number of aromatic nitrogens is 3. The first-order chi connectivity index (χ1) is 11.9. The third kappa shape index (κ3) is 4.83. The first-order valence-corrected chi connectivity index (χ1v) is 7.33. The number of amides is 1. The van der Waals surface area contributed by atoms with Crippen LogP contribution in [0.25, 0.3) is 0 Å². The summed E-state index contributed by atoms with van der Waals surface area (Å²) in [7, 11) is 1.24. The van der Waals surface area contributed by atoms with Gasteiger partial charge < -0.3 is 19.8 Å². The largest absolute Gasteiger partial charge is 0.490 e. The average Bonchev–Trinajstić information content (AvgIpc) is 3.04. The molecule has 1 aromatic carbocycles. The van der Waals surface area contributed by atoms with Crippen molar-refractivity contribution in [3.8, 4) is 0 Å². The summed E-state index contributed by atoms with van der Waals surface area (Å²) in [6, 6.07) is 7.47. The summed E-state index contributed by atoms with van der Waals surface area (Å²) in [5, 5.41) is 14.2. The molecule has 1 heterocycles. The first-order valence-electron chi connectivity index (χ1n) is 7.33. The Labute approximate surface area is 143 Å². The zero-order chi connectivity index (χ0) is 18.4. The average molecular weight is 347 g/mol. The number of rotatable bonds is 7. The van der Waals surface area contributed by atoms with E-state index in [0.717, 1.165) is 22.1 Å². The van der Waals surface area contributed by atoms with E-state index >= 15 is 0 Å². The molecular formula is C15H17N5O5. The molecule has 0 N–H and O–H groups in total. The lowest BCUT2D eigenvalue weighted by Gasteiger charge is -2.22. The Morgan fingerprint density at radius 2 is 2.08 bits per heavy atom. The third-order valence-corrected chi connectivity index (χ3v) is 3.51. The molecule has 0 fully saturated rings. The van der Waals surface area contributed by atoms with Crippen LogP contribution in [0.2, 0.25) is 0 Å². The second kappa shape index (κ2) is 7.99. The molecule has 0 unspecified atom stereocenters. The van der Waals surface area contributed by atoms with E-state index in [4.69, 9.17) is 0 Å². The molecule has 0 radical (unpaired) electrons. The van der Waals surface area contributed by atoms with Crippen LogP contribution < -0.4 is 0 Å². The minimum Gasteiger partial charge on any atom is -0.468 e. The fraction of sp³-hybridized carbons (Fsp3) is 0.333. The van der Waals surface area contributed by atoms with Gasteiger partial charge in [-0.3, -0.25) is 9.59 Å². The fourth-order valence-corrected chi connectivity index (χ4v) is 2.13. The highest BCUT2D eigenvalue weighted by Crippen LogP contribution is 2.11. The number of hydrogen-bond acceptors (Lipinski definition) is 7. The lowest BCUT2D eigenvalue weighted by atomic mass is 10.1. The van der Waals surface area contributed by atoms with Crippen molar-refractivity contribution in [1.29, 1.82) is 0 Å². The second-order valence-corrected chi connectivity index (χ2v) is 5.25. The standard InChI is InChI=1S/C15H17N5O5/c1-11-5-3-4-6-12(11)7-18(9-14(22)25-2)13(21)8-19-10-16-15(17-19)20(23)24/h3-6,10H,7-9H2,1-2H3. The van der Waals surface area contributed by atoms with Crippen molar-refractivity contribution in [2.24, 2.45) is 0 Å². The molecule has 0 aliphatic rings. The number of ether oxygens (including phenoxy) is 1. The molecule has 10 nitrogen and oxygen atoms in total. The number of methoxy groups -OCH3 is 1. The number of nitro groups is 1. The summed E-state index contributed by atoms with van der Waals surface area (Å²) < 4.78 is 5.69. The number of esters is 1. The Morgan fingerprint density at radius 1 is 1.36 bits per heavy atom. The van der Waals surface area contributed by atoms with Crippen LogP contribution in [0.5, 0.6) is 0 Å². The number of hydrogen-bond donors (Lipinski definition) is 0. The van der Waals surface area contributed by atoms with Crippen molar-refractivity contribution in [2.75, 3.05) is 13.7 Å². The van der Waals surface area contributed by atoms with Crippen LogP contribution in [-0.4, -0.2) is 50.1 Å².